The predicted molar refractivity (Wildman–Crippen MR) is 163 cm³/mol. The Bertz CT molecular complexity index is 1270. The standard InChI is InChI=1S/C31H43N9/c1-38-16-18-39(19-17-38)24-10-12-25(13-11-24)40-31-28(30(33)35-21-36-31)29(37-40)23-9-14-27(26(32)20-23)34-15-5-8-22-6-3-2-4-7-22/h2-4,6-7,9,14,20-21,24-25,29,34,37H,5,8,10-13,15-19,32H2,1H3,(H2,33,35,36). The van der Waals surface area contributed by atoms with Crippen LogP contribution in [0.1, 0.15) is 54.8 Å². The van der Waals surface area contributed by atoms with Gasteiger partial charge in [-0.3, -0.25) is 9.91 Å². The Morgan fingerprint density at radius 3 is 2.42 bits per heavy atom. The fourth-order valence-electron chi connectivity index (χ4n) is 6.60. The third kappa shape index (κ3) is 5.73. The molecule has 1 aromatic heterocycles. The number of rotatable bonds is 8. The van der Waals surface area contributed by atoms with Crippen LogP contribution >= 0.6 is 0 Å². The van der Waals surface area contributed by atoms with Crippen LogP contribution in [0.3, 0.4) is 0 Å². The zero-order valence-corrected chi connectivity index (χ0v) is 23.6. The molecule has 1 saturated heterocycles. The van der Waals surface area contributed by atoms with Gasteiger partial charge in [0.25, 0.3) is 0 Å². The Morgan fingerprint density at radius 1 is 0.925 bits per heavy atom. The maximum Gasteiger partial charge on any atom is 0.153 e. The van der Waals surface area contributed by atoms with Gasteiger partial charge < -0.3 is 21.7 Å². The van der Waals surface area contributed by atoms with Crippen LogP contribution in [0.4, 0.5) is 23.0 Å². The molecule has 0 spiro atoms. The van der Waals surface area contributed by atoms with E-state index in [-0.39, 0.29) is 6.04 Å². The Kier molecular flexibility index (Phi) is 8.04. The molecule has 212 valence electrons. The molecule has 0 bridgehead atoms. The van der Waals surface area contributed by atoms with Crippen LogP contribution in [-0.2, 0) is 6.42 Å². The number of nitrogens with two attached hydrogens (primary N) is 2. The van der Waals surface area contributed by atoms with Gasteiger partial charge in [0.2, 0.25) is 0 Å². The molecule has 3 aromatic rings. The molecular weight excluding hydrogens is 498 g/mol. The van der Waals surface area contributed by atoms with E-state index in [1.54, 1.807) is 6.33 Å². The van der Waals surface area contributed by atoms with Gasteiger partial charge in [-0.25, -0.2) is 15.4 Å². The number of fused-ring (bicyclic) bond motifs is 1. The van der Waals surface area contributed by atoms with Crippen LogP contribution in [0.25, 0.3) is 0 Å². The van der Waals surface area contributed by atoms with Crippen molar-refractivity contribution in [1.29, 1.82) is 0 Å². The number of likely N-dealkylation sites (N-methyl/N-ethyl adjacent to an activating group) is 1. The molecule has 0 amide bonds. The van der Waals surface area contributed by atoms with Crippen molar-refractivity contribution in [2.24, 2.45) is 0 Å². The van der Waals surface area contributed by atoms with E-state index in [4.69, 9.17) is 16.5 Å². The van der Waals surface area contributed by atoms with Crippen molar-refractivity contribution in [3.8, 4) is 0 Å². The summed E-state index contributed by atoms with van der Waals surface area (Å²) in [5.74, 6) is 1.43. The highest BCUT2D eigenvalue weighted by Crippen LogP contribution is 2.42. The third-order valence-electron chi connectivity index (χ3n) is 8.97. The summed E-state index contributed by atoms with van der Waals surface area (Å²) in [6.45, 7) is 5.58. The second kappa shape index (κ2) is 12.0. The molecule has 2 fully saturated rings. The lowest BCUT2D eigenvalue weighted by atomic mass is 9.89. The summed E-state index contributed by atoms with van der Waals surface area (Å²) in [6.07, 6.45) is 8.36. The number of hydrazine groups is 1. The van der Waals surface area contributed by atoms with Crippen molar-refractivity contribution >= 4 is 23.0 Å². The second-order valence-corrected chi connectivity index (χ2v) is 11.6. The number of piperazine rings is 1. The minimum atomic E-state index is -0.124. The number of nitrogens with zero attached hydrogens (tertiary/aromatic N) is 5. The van der Waals surface area contributed by atoms with Gasteiger partial charge in [-0.1, -0.05) is 36.4 Å². The fraction of sp³-hybridized carbons (Fsp3) is 0.484. The first-order valence-corrected chi connectivity index (χ1v) is 14.8. The molecule has 1 saturated carbocycles. The van der Waals surface area contributed by atoms with Crippen molar-refractivity contribution in [2.45, 2.75) is 56.7 Å². The van der Waals surface area contributed by atoms with Gasteiger partial charge in [0, 0.05) is 44.8 Å². The van der Waals surface area contributed by atoms with E-state index in [1.165, 1.54) is 44.6 Å². The Balaban J connectivity index is 1.11. The topological polar surface area (TPSA) is 112 Å². The van der Waals surface area contributed by atoms with Gasteiger partial charge in [0.05, 0.1) is 23.0 Å². The van der Waals surface area contributed by atoms with E-state index < -0.39 is 0 Å². The van der Waals surface area contributed by atoms with E-state index in [0.29, 0.717) is 17.9 Å². The van der Waals surface area contributed by atoms with Gasteiger partial charge >= 0.3 is 0 Å². The Labute approximate surface area is 237 Å². The van der Waals surface area contributed by atoms with E-state index in [0.717, 1.165) is 60.5 Å². The highest BCUT2D eigenvalue weighted by Gasteiger charge is 2.39. The number of hydrogen-bond acceptors (Lipinski definition) is 9. The number of hydrogen-bond donors (Lipinski definition) is 4. The molecule has 0 radical (unpaired) electrons. The molecule has 3 heterocycles. The van der Waals surface area contributed by atoms with Gasteiger partial charge in [-0.15, -0.1) is 0 Å². The maximum atomic E-state index is 6.54. The number of aromatic nitrogens is 2. The average Bonchev–Trinajstić information content (AvgIpc) is 3.38. The van der Waals surface area contributed by atoms with Crippen LogP contribution in [-0.4, -0.2) is 71.6 Å². The SMILES string of the molecule is CN1CCN(C2CCC(N3NC(c4ccc(NCCCc5ccccc5)c(N)c4)c4c(N)ncnc43)CC2)CC1. The van der Waals surface area contributed by atoms with Crippen LogP contribution < -0.4 is 27.2 Å². The Hall–Kier alpha value is -3.40. The molecule has 6 rings (SSSR count). The first kappa shape index (κ1) is 26.8. The van der Waals surface area contributed by atoms with Crippen molar-refractivity contribution in [3.05, 3.63) is 71.5 Å². The van der Waals surface area contributed by atoms with E-state index in [2.05, 4.69) is 86.1 Å². The average molecular weight is 542 g/mol. The van der Waals surface area contributed by atoms with Crippen LogP contribution in [0.5, 0.6) is 0 Å². The number of anilines is 4. The maximum absolute atomic E-state index is 6.54. The fourth-order valence-corrected chi connectivity index (χ4v) is 6.60. The zero-order chi connectivity index (χ0) is 27.5. The summed E-state index contributed by atoms with van der Waals surface area (Å²) in [6, 6.07) is 17.8. The highest BCUT2D eigenvalue weighted by atomic mass is 15.6. The summed E-state index contributed by atoms with van der Waals surface area (Å²) >= 11 is 0. The largest absolute Gasteiger partial charge is 0.397 e. The highest BCUT2D eigenvalue weighted by molar-refractivity contribution is 5.70. The molecule has 2 aliphatic heterocycles. The molecule has 9 heteroatoms. The van der Waals surface area contributed by atoms with Gasteiger partial charge in [0.15, 0.2) is 5.82 Å². The molecule has 6 N–H and O–H groups in total. The summed E-state index contributed by atoms with van der Waals surface area (Å²) in [5, 5.41) is 5.78. The van der Waals surface area contributed by atoms with Crippen molar-refractivity contribution in [3.63, 3.8) is 0 Å². The predicted octanol–water partition coefficient (Wildman–Crippen LogP) is 3.66. The van der Waals surface area contributed by atoms with Crippen molar-refractivity contribution in [1.82, 2.24) is 25.2 Å². The Morgan fingerprint density at radius 2 is 1.68 bits per heavy atom. The van der Waals surface area contributed by atoms with E-state index >= 15 is 0 Å². The summed E-state index contributed by atoms with van der Waals surface area (Å²) in [5.41, 5.74) is 21.8. The van der Waals surface area contributed by atoms with Gasteiger partial charge in [0.1, 0.15) is 12.1 Å². The number of benzene rings is 2. The van der Waals surface area contributed by atoms with Gasteiger partial charge in [-0.2, -0.15) is 0 Å². The van der Waals surface area contributed by atoms with Crippen LogP contribution in [0, 0.1) is 0 Å². The lowest BCUT2D eigenvalue weighted by Crippen LogP contribution is -2.52. The van der Waals surface area contributed by atoms with Gasteiger partial charge in [-0.05, 0) is 68.8 Å². The minimum absolute atomic E-state index is 0.124. The normalized spacial score (nSPS) is 23.7. The summed E-state index contributed by atoms with van der Waals surface area (Å²) in [7, 11) is 2.22. The molecule has 40 heavy (non-hydrogen) atoms. The zero-order valence-electron chi connectivity index (χ0n) is 23.6. The molecule has 1 aliphatic carbocycles. The lowest BCUT2D eigenvalue weighted by Gasteiger charge is -2.42. The first-order chi connectivity index (χ1) is 19.6. The quantitative estimate of drug-likeness (QED) is 0.251. The molecule has 1 atom stereocenters. The lowest BCUT2D eigenvalue weighted by molar-refractivity contribution is 0.0868. The monoisotopic (exact) mass is 541 g/mol. The minimum Gasteiger partial charge on any atom is -0.397 e. The van der Waals surface area contributed by atoms with E-state index in [1.807, 2.05) is 0 Å². The first-order valence-electron chi connectivity index (χ1n) is 14.8. The van der Waals surface area contributed by atoms with Crippen molar-refractivity contribution < 1.29 is 0 Å². The number of nitrogens with one attached hydrogen (secondary N) is 2. The van der Waals surface area contributed by atoms with Crippen LogP contribution in [0.2, 0.25) is 0 Å². The number of nitrogen functional groups attached to an aromatic ring is 2. The van der Waals surface area contributed by atoms with Crippen LogP contribution in [0.15, 0.2) is 54.9 Å². The molecule has 9 nitrogen and oxygen atoms in total. The number of aryl methyl sites for hydroxylation is 1. The third-order valence-corrected chi connectivity index (χ3v) is 8.97. The summed E-state index contributed by atoms with van der Waals surface area (Å²) < 4.78 is 0. The smallest absolute Gasteiger partial charge is 0.153 e. The molecule has 1 unspecified atom stereocenters. The molecule has 3 aliphatic rings. The second-order valence-electron chi connectivity index (χ2n) is 11.6. The molecule has 2 aromatic carbocycles. The van der Waals surface area contributed by atoms with E-state index in [9.17, 15) is 0 Å². The summed E-state index contributed by atoms with van der Waals surface area (Å²) in [4.78, 5) is 14.2. The molecular formula is C31H43N9. The van der Waals surface area contributed by atoms with Crippen molar-refractivity contribution in [2.75, 3.05) is 61.6 Å².